The summed E-state index contributed by atoms with van der Waals surface area (Å²) in [6, 6.07) is 19.3. The second-order valence-electron chi connectivity index (χ2n) is 9.59. The molecule has 0 aliphatic rings. The van der Waals surface area contributed by atoms with E-state index in [2.05, 4.69) is 5.32 Å². The third-order valence-electron chi connectivity index (χ3n) is 6.53. The van der Waals surface area contributed by atoms with E-state index in [1.54, 1.807) is 68.6 Å². The van der Waals surface area contributed by atoms with Crippen LogP contribution in [0.2, 0.25) is 0 Å². The lowest BCUT2D eigenvalue weighted by molar-refractivity contribution is -0.139. The Balaban J connectivity index is 2.01. The van der Waals surface area contributed by atoms with E-state index >= 15 is 0 Å². The van der Waals surface area contributed by atoms with E-state index in [1.165, 1.54) is 17.0 Å². The summed E-state index contributed by atoms with van der Waals surface area (Å²) in [4.78, 5) is 28.4. The number of nitrogens with zero attached hydrogens (tertiary/aromatic N) is 2. The minimum Gasteiger partial charge on any atom is -0.497 e. The first kappa shape index (κ1) is 31.5. The molecule has 3 rings (SSSR count). The fourth-order valence-corrected chi connectivity index (χ4v) is 5.60. The third-order valence-corrected chi connectivity index (χ3v) is 8.32. The Morgan fingerprint density at radius 1 is 0.951 bits per heavy atom. The molecule has 0 aliphatic carbocycles. The Morgan fingerprint density at radius 3 is 2.24 bits per heavy atom. The predicted octanol–water partition coefficient (Wildman–Crippen LogP) is 4.54. The SMILES string of the molecule is CCCNC(=O)[C@@H](C)N(Cc1cccc(OC)c1)C(=O)CN(c1ccc(C)cc1)S(=O)(=O)c1ccc(OCC)cc1. The van der Waals surface area contributed by atoms with Gasteiger partial charge in [-0.3, -0.25) is 13.9 Å². The number of benzene rings is 3. The summed E-state index contributed by atoms with van der Waals surface area (Å²) in [6.07, 6.45) is 0.740. The molecule has 0 bridgehead atoms. The molecule has 10 heteroatoms. The molecule has 0 aliphatic heterocycles. The number of hydrogen-bond donors (Lipinski definition) is 1. The average Bonchev–Trinajstić information content (AvgIpc) is 2.98. The molecule has 220 valence electrons. The second-order valence-corrected chi connectivity index (χ2v) is 11.5. The molecule has 0 saturated heterocycles. The topological polar surface area (TPSA) is 105 Å². The summed E-state index contributed by atoms with van der Waals surface area (Å²) >= 11 is 0. The molecule has 1 atom stereocenters. The summed E-state index contributed by atoms with van der Waals surface area (Å²) in [6.45, 7) is 7.81. The van der Waals surface area contributed by atoms with Crippen LogP contribution in [0.3, 0.4) is 0 Å². The fraction of sp³-hybridized carbons (Fsp3) is 0.355. The molecule has 0 fully saturated rings. The molecule has 0 radical (unpaired) electrons. The van der Waals surface area contributed by atoms with Crippen molar-refractivity contribution in [3.63, 3.8) is 0 Å². The summed E-state index contributed by atoms with van der Waals surface area (Å²) < 4.78 is 39.8. The number of anilines is 1. The molecular formula is C31H39N3O6S. The van der Waals surface area contributed by atoms with E-state index in [-0.39, 0.29) is 17.3 Å². The van der Waals surface area contributed by atoms with Crippen LogP contribution in [0.25, 0.3) is 0 Å². The van der Waals surface area contributed by atoms with Crippen molar-refractivity contribution in [1.29, 1.82) is 0 Å². The number of methoxy groups -OCH3 is 1. The summed E-state index contributed by atoms with van der Waals surface area (Å²) in [5, 5.41) is 2.84. The van der Waals surface area contributed by atoms with Crippen molar-refractivity contribution in [3.05, 3.63) is 83.9 Å². The van der Waals surface area contributed by atoms with Gasteiger partial charge in [0.15, 0.2) is 0 Å². The Labute approximate surface area is 243 Å². The normalized spacial score (nSPS) is 11.8. The molecule has 3 aromatic rings. The highest BCUT2D eigenvalue weighted by Gasteiger charge is 2.32. The number of nitrogens with one attached hydrogen (secondary N) is 1. The van der Waals surface area contributed by atoms with Gasteiger partial charge in [-0.05, 0) is 81.3 Å². The maximum absolute atomic E-state index is 14.0. The highest BCUT2D eigenvalue weighted by molar-refractivity contribution is 7.92. The first-order valence-electron chi connectivity index (χ1n) is 13.6. The molecule has 0 aromatic heterocycles. The first-order valence-corrected chi connectivity index (χ1v) is 15.1. The van der Waals surface area contributed by atoms with Crippen molar-refractivity contribution in [2.24, 2.45) is 0 Å². The van der Waals surface area contributed by atoms with Gasteiger partial charge in [-0.25, -0.2) is 8.42 Å². The zero-order valence-corrected chi connectivity index (χ0v) is 25.1. The third kappa shape index (κ3) is 8.23. The molecule has 0 saturated carbocycles. The van der Waals surface area contributed by atoms with Crippen LogP contribution in [-0.2, 0) is 26.2 Å². The summed E-state index contributed by atoms with van der Waals surface area (Å²) in [5.41, 5.74) is 2.02. The van der Waals surface area contributed by atoms with Crippen molar-refractivity contribution < 1.29 is 27.5 Å². The molecule has 0 spiro atoms. The van der Waals surface area contributed by atoms with E-state index in [1.807, 2.05) is 26.8 Å². The molecule has 2 amide bonds. The molecular weight excluding hydrogens is 542 g/mol. The van der Waals surface area contributed by atoms with Gasteiger partial charge in [-0.1, -0.05) is 36.8 Å². The van der Waals surface area contributed by atoms with E-state index in [0.717, 1.165) is 21.9 Å². The van der Waals surface area contributed by atoms with Gasteiger partial charge >= 0.3 is 0 Å². The van der Waals surface area contributed by atoms with Gasteiger partial charge in [0.05, 0.1) is 24.3 Å². The number of sulfonamides is 1. The van der Waals surface area contributed by atoms with E-state index in [9.17, 15) is 18.0 Å². The number of rotatable bonds is 14. The highest BCUT2D eigenvalue weighted by atomic mass is 32.2. The van der Waals surface area contributed by atoms with Crippen LogP contribution >= 0.6 is 0 Å². The van der Waals surface area contributed by atoms with Gasteiger partial charge in [0, 0.05) is 13.1 Å². The number of hydrogen-bond acceptors (Lipinski definition) is 6. The fourth-order valence-electron chi connectivity index (χ4n) is 4.19. The molecule has 9 nitrogen and oxygen atoms in total. The first-order chi connectivity index (χ1) is 19.6. The monoisotopic (exact) mass is 581 g/mol. The van der Waals surface area contributed by atoms with Gasteiger partial charge in [0.2, 0.25) is 11.8 Å². The zero-order valence-electron chi connectivity index (χ0n) is 24.3. The lowest BCUT2D eigenvalue weighted by Gasteiger charge is -2.32. The standard InChI is InChI=1S/C31H39N3O6S/c1-6-19-32-31(36)24(4)33(21-25-9-8-10-28(20-25)39-5)30(35)22-34(26-13-11-23(3)12-14-26)41(37,38)29-17-15-27(16-18-29)40-7-2/h8-18,20,24H,6-7,19,21-22H2,1-5H3,(H,32,36)/t24-/m1/s1. The van der Waals surface area contributed by atoms with Crippen LogP contribution < -0.4 is 19.1 Å². The van der Waals surface area contributed by atoms with Crippen molar-refractivity contribution >= 4 is 27.5 Å². The molecule has 41 heavy (non-hydrogen) atoms. The Bertz CT molecular complexity index is 1410. The minimum atomic E-state index is -4.16. The Kier molecular flexibility index (Phi) is 11.2. The quantitative estimate of drug-likeness (QED) is 0.300. The van der Waals surface area contributed by atoms with Gasteiger partial charge < -0.3 is 19.7 Å². The number of amides is 2. The lowest BCUT2D eigenvalue weighted by Crippen LogP contribution is -2.51. The minimum absolute atomic E-state index is 0.0161. The van der Waals surface area contributed by atoms with Crippen LogP contribution in [0.5, 0.6) is 11.5 Å². The van der Waals surface area contributed by atoms with Gasteiger partial charge in [0.1, 0.15) is 24.1 Å². The number of aryl methyl sites for hydroxylation is 1. The van der Waals surface area contributed by atoms with Crippen molar-refractivity contribution in [1.82, 2.24) is 10.2 Å². The largest absolute Gasteiger partial charge is 0.497 e. The summed E-state index contributed by atoms with van der Waals surface area (Å²) in [5.74, 6) is 0.305. The second kappa shape index (κ2) is 14.5. The molecule has 0 unspecified atom stereocenters. The molecule has 3 aromatic carbocycles. The summed E-state index contributed by atoms with van der Waals surface area (Å²) in [7, 11) is -2.61. The van der Waals surface area contributed by atoms with Gasteiger partial charge in [-0.15, -0.1) is 0 Å². The van der Waals surface area contributed by atoms with E-state index < -0.39 is 28.5 Å². The van der Waals surface area contributed by atoms with Crippen molar-refractivity contribution in [3.8, 4) is 11.5 Å². The van der Waals surface area contributed by atoms with E-state index in [4.69, 9.17) is 9.47 Å². The Hall–Kier alpha value is -4.05. The average molecular weight is 582 g/mol. The molecule has 1 N–H and O–H groups in total. The maximum Gasteiger partial charge on any atom is 0.264 e. The van der Waals surface area contributed by atoms with Gasteiger partial charge in [0.25, 0.3) is 10.0 Å². The van der Waals surface area contributed by atoms with Gasteiger partial charge in [-0.2, -0.15) is 0 Å². The molecule has 0 heterocycles. The lowest BCUT2D eigenvalue weighted by atomic mass is 10.1. The van der Waals surface area contributed by atoms with Crippen molar-refractivity contribution in [2.75, 3.05) is 31.1 Å². The zero-order chi connectivity index (χ0) is 30.0. The van der Waals surface area contributed by atoms with Crippen LogP contribution in [0.1, 0.15) is 38.3 Å². The van der Waals surface area contributed by atoms with Crippen LogP contribution in [0, 0.1) is 6.92 Å². The highest BCUT2D eigenvalue weighted by Crippen LogP contribution is 2.26. The predicted molar refractivity (Wildman–Crippen MR) is 160 cm³/mol. The van der Waals surface area contributed by atoms with E-state index in [0.29, 0.717) is 30.3 Å². The van der Waals surface area contributed by atoms with Crippen LogP contribution in [-0.4, -0.2) is 58.0 Å². The van der Waals surface area contributed by atoms with Crippen LogP contribution in [0.15, 0.2) is 77.7 Å². The Morgan fingerprint density at radius 2 is 1.63 bits per heavy atom. The maximum atomic E-state index is 14.0. The number of carbonyl (C=O) groups is 2. The smallest absolute Gasteiger partial charge is 0.264 e. The van der Waals surface area contributed by atoms with Crippen molar-refractivity contribution in [2.45, 2.75) is 51.6 Å². The van der Waals surface area contributed by atoms with Crippen LogP contribution in [0.4, 0.5) is 5.69 Å². The number of ether oxygens (including phenoxy) is 2. The number of carbonyl (C=O) groups excluding carboxylic acids is 2.